The van der Waals surface area contributed by atoms with Gasteiger partial charge in [-0.1, -0.05) is 31.2 Å². The second kappa shape index (κ2) is 8.23. The molecule has 2 N–H and O–H groups in total. The lowest BCUT2D eigenvalue weighted by molar-refractivity contribution is 0.632. The molecule has 0 bridgehead atoms. The Hall–Kier alpha value is -2.96. The molecule has 0 amide bonds. The van der Waals surface area contributed by atoms with Crippen molar-refractivity contribution >= 4 is 16.7 Å². The van der Waals surface area contributed by atoms with Crippen molar-refractivity contribution < 1.29 is 0 Å². The molecule has 0 saturated heterocycles. The number of guanidine groups is 1. The largest absolute Gasteiger partial charge is 0.355 e. The summed E-state index contributed by atoms with van der Waals surface area (Å²) in [5.41, 5.74) is 1.01. The monoisotopic (exact) mass is 337 g/mol. The quantitative estimate of drug-likeness (QED) is 0.529. The number of aromatic nitrogens is 4. The topological polar surface area (TPSA) is 80.0 Å². The van der Waals surface area contributed by atoms with Crippen LogP contribution in [0.5, 0.6) is 0 Å². The first kappa shape index (κ1) is 16.9. The van der Waals surface area contributed by atoms with Gasteiger partial charge in [-0.25, -0.2) is 0 Å². The summed E-state index contributed by atoms with van der Waals surface area (Å²) in [6, 6.07) is 10.3. The number of hydrogen-bond donors (Lipinski definition) is 2. The van der Waals surface area contributed by atoms with Crippen LogP contribution in [-0.4, -0.2) is 39.3 Å². The van der Waals surface area contributed by atoms with Crippen LogP contribution in [0.2, 0.25) is 0 Å². The number of pyridine rings is 1. The molecule has 3 aromatic rings. The zero-order valence-corrected chi connectivity index (χ0v) is 14.6. The lowest BCUT2D eigenvalue weighted by Crippen LogP contribution is -2.38. The van der Waals surface area contributed by atoms with Crippen molar-refractivity contribution in [3.05, 3.63) is 54.4 Å². The summed E-state index contributed by atoms with van der Waals surface area (Å²) in [5, 5.41) is 17.0. The van der Waals surface area contributed by atoms with E-state index in [1.807, 2.05) is 29.0 Å². The number of rotatable bonds is 6. The predicted octanol–water partition coefficient (Wildman–Crippen LogP) is 1.75. The average molecular weight is 337 g/mol. The highest BCUT2D eigenvalue weighted by Crippen LogP contribution is 2.15. The van der Waals surface area contributed by atoms with Crippen molar-refractivity contribution in [2.75, 3.05) is 13.6 Å². The Balaban J connectivity index is 1.56. The van der Waals surface area contributed by atoms with Gasteiger partial charge < -0.3 is 15.2 Å². The first-order valence-electron chi connectivity index (χ1n) is 8.45. The molecule has 7 heteroatoms. The summed E-state index contributed by atoms with van der Waals surface area (Å²) in [4.78, 5) is 8.76. The Morgan fingerprint density at radius 1 is 1.20 bits per heavy atom. The number of nitrogens with one attached hydrogen (secondary N) is 2. The van der Waals surface area contributed by atoms with Crippen LogP contribution in [0.25, 0.3) is 10.8 Å². The zero-order valence-electron chi connectivity index (χ0n) is 14.6. The Kier molecular flexibility index (Phi) is 5.56. The summed E-state index contributed by atoms with van der Waals surface area (Å²) in [6.07, 6.45) is 4.48. The number of aliphatic imine (C=N–C) groups is 1. The van der Waals surface area contributed by atoms with Gasteiger partial charge in [0.2, 0.25) is 0 Å². The van der Waals surface area contributed by atoms with Gasteiger partial charge >= 0.3 is 0 Å². The Morgan fingerprint density at radius 3 is 2.92 bits per heavy atom. The number of nitrogens with zero attached hydrogens (tertiary/aromatic N) is 5. The molecular weight excluding hydrogens is 314 g/mol. The summed E-state index contributed by atoms with van der Waals surface area (Å²) >= 11 is 0. The van der Waals surface area contributed by atoms with E-state index in [1.165, 1.54) is 5.39 Å². The fraction of sp³-hybridized carbons (Fsp3) is 0.333. The third kappa shape index (κ3) is 4.12. The van der Waals surface area contributed by atoms with Gasteiger partial charge in [0.1, 0.15) is 12.2 Å². The lowest BCUT2D eigenvalue weighted by atomic mass is 10.1. The van der Waals surface area contributed by atoms with Gasteiger partial charge in [-0.2, -0.15) is 0 Å². The molecule has 0 aliphatic heterocycles. The lowest BCUT2D eigenvalue weighted by Gasteiger charge is -2.13. The van der Waals surface area contributed by atoms with E-state index in [0.29, 0.717) is 6.54 Å². The van der Waals surface area contributed by atoms with Crippen molar-refractivity contribution in [1.29, 1.82) is 0 Å². The average Bonchev–Trinajstić information content (AvgIpc) is 3.12. The van der Waals surface area contributed by atoms with Crippen molar-refractivity contribution in [3.8, 4) is 0 Å². The molecule has 25 heavy (non-hydrogen) atoms. The van der Waals surface area contributed by atoms with Crippen LogP contribution < -0.4 is 10.6 Å². The van der Waals surface area contributed by atoms with E-state index in [2.05, 4.69) is 49.9 Å². The second-order valence-electron chi connectivity index (χ2n) is 5.63. The standard InChI is InChI=1S/C18H23N7/c1-3-17-24-23-13-25(17)11-10-21-18(19-2)22-12-16-15-7-5-4-6-14(15)8-9-20-16/h4-9,13H,3,10-12H2,1-2H3,(H2,19,21,22). The highest BCUT2D eigenvalue weighted by Gasteiger charge is 2.05. The summed E-state index contributed by atoms with van der Waals surface area (Å²) in [6.45, 7) is 4.23. The molecule has 3 rings (SSSR count). The van der Waals surface area contributed by atoms with Gasteiger partial charge in [-0.3, -0.25) is 9.98 Å². The predicted molar refractivity (Wildman–Crippen MR) is 99.3 cm³/mol. The molecule has 0 radical (unpaired) electrons. The van der Waals surface area contributed by atoms with Crippen molar-refractivity contribution in [1.82, 2.24) is 30.4 Å². The molecule has 2 aromatic heterocycles. The molecule has 0 fully saturated rings. The summed E-state index contributed by atoms with van der Waals surface area (Å²) in [5.74, 6) is 1.74. The molecule has 0 atom stereocenters. The highest BCUT2D eigenvalue weighted by atomic mass is 15.3. The summed E-state index contributed by atoms with van der Waals surface area (Å²) < 4.78 is 2.05. The Bertz CT molecular complexity index is 848. The number of aryl methyl sites for hydroxylation is 1. The fourth-order valence-corrected chi connectivity index (χ4v) is 2.75. The molecule has 2 heterocycles. The van der Waals surface area contributed by atoms with Crippen LogP contribution in [0.3, 0.4) is 0 Å². The maximum Gasteiger partial charge on any atom is 0.191 e. The maximum atomic E-state index is 4.49. The molecule has 0 aliphatic rings. The zero-order chi connectivity index (χ0) is 17.5. The van der Waals surface area contributed by atoms with Gasteiger partial charge in [0.25, 0.3) is 0 Å². The SMILES string of the molecule is CCc1nncn1CCNC(=NC)NCc1nccc2ccccc12. The number of benzene rings is 1. The molecule has 1 aromatic carbocycles. The molecule has 130 valence electrons. The van der Waals surface area contributed by atoms with Gasteiger partial charge in [0.15, 0.2) is 5.96 Å². The van der Waals surface area contributed by atoms with Crippen LogP contribution in [0.4, 0.5) is 0 Å². The maximum absolute atomic E-state index is 4.49. The smallest absolute Gasteiger partial charge is 0.191 e. The van der Waals surface area contributed by atoms with E-state index >= 15 is 0 Å². The van der Waals surface area contributed by atoms with E-state index in [-0.39, 0.29) is 0 Å². The first-order valence-corrected chi connectivity index (χ1v) is 8.45. The van der Waals surface area contributed by atoms with Crippen molar-refractivity contribution in [3.63, 3.8) is 0 Å². The van der Waals surface area contributed by atoms with E-state index < -0.39 is 0 Å². The van der Waals surface area contributed by atoms with Crippen LogP contribution in [0.1, 0.15) is 18.4 Å². The van der Waals surface area contributed by atoms with Crippen LogP contribution in [0, 0.1) is 0 Å². The fourth-order valence-electron chi connectivity index (χ4n) is 2.75. The van der Waals surface area contributed by atoms with Gasteiger partial charge in [-0.15, -0.1) is 10.2 Å². The molecule has 0 saturated carbocycles. The minimum Gasteiger partial charge on any atom is -0.355 e. The van der Waals surface area contributed by atoms with E-state index in [4.69, 9.17) is 0 Å². The third-order valence-corrected chi connectivity index (χ3v) is 4.06. The van der Waals surface area contributed by atoms with E-state index in [0.717, 1.165) is 42.4 Å². The van der Waals surface area contributed by atoms with Gasteiger partial charge in [0, 0.05) is 38.1 Å². The minimum absolute atomic E-state index is 0.619. The molecule has 0 spiro atoms. The first-order chi connectivity index (χ1) is 12.3. The second-order valence-corrected chi connectivity index (χ2v) is 5.63. The van der Waals surface area contributed by atoms with Gasteiger partial charge in [-0.05, 0) is 11.5 Å². The highest BCUT2D eigenvalue weighted by molar-refractivity contribution is 5.85. The van der Waals surface area contributed by atoms with Crippen LogP contribution in [0.15, 0.2) is 47.8 Å². The third-order valence-electron chi connectivity index (χ3n) is 4.06. The van der Waals surface area contributed by atoms with E-state index in [9.17, 15) is 0 Å². The molecule has 0 unspecified atom stereocenters. The minimum atomic E-state index is 0.619. The number of fused-ring (bicyclic) bond motifs is 1. The number of hydrogen-bond acceptors (Lipinski definition) is 4. The molecule has 7 nitrogen and oxygen atoms in total. The van der Waals surface area contributed by atoms with Crippen LogP contribution >= 0.6 is 0 Å². The van der Waals surface area contributed by atoms with Crippen molar-refractivity contribution in [2.24, 2.45) is 4.99 Å². The molecular formula is C18H23N7. The normalized spacial score (nSPS) is 11.7. The van der Waals surface area contributed by atoms with Crippen molar-refractivity contribution in [2.45, 2.75) is 26.4 Å². The van der Waals surface area contributed by atoms with Crippen LogP contribution in [-0.2, 0) is 19.5 Å². The van der Waals surface area contributed by atoms with Gasteiger partial charge in [0.05, 0.1) is 12.2 Å². The van der Waals surface area contributed by atoms with E-state index in [1.54, 1.807) is 13.4 Å². The summed E-state index contributed by atoms with van der Waals surface area (Å²) in [7, 11) is 1.77. The Morgan fingerprint density at radius 2 is 2.08 bits per heavy atom. The Labute approximate surface area is 147 Å². The molecule has 0 aliphatic carbocycles.